The highest BCUT2D eigenvalue weighted by Crippen LogP contribution is 2.24. The van der Waals surface area contributed by atoms with E-state index in [1.165, 1.54) is 19.3 Å². The van der Waals surface area contributed by atoms with Crippen LogP contribution in [0.5, 0.6) is 0 Å². The van der Waals surface area contributed by atoms with E-state index < -0.39 is 0 Å². The second-order valence-electron chi connectivity index (χ2n) is 4.93. The Labute approximate surface area is 113 Å². The van der Waals surface area contributed by atoms with Gasteiger partial charge in [-0.1, -0.05) is 19.3 Å². The van der Waals surface area contributed by atoms with Crippen molar-refractivity contribution in [1.29, 1.82) is 0 Å². The maximum Gasteiger partial charge on any atom is 0.257 e. The Bertz CT molecular complexity index is 396. The zero-order valence-corrected chi connectivity index (χ0v) is 11.6. The maximum absolute atomic E-state index is 12.5. The molecular weight excluding hydrogens is 250 g/mol. The number of hydrogen-bond acceptors (Lipinski definition) is 2. The summed E-state index contributed by atoms with van der Waals surface area (Å²) in [5.74, 6) is 1.31. The second-order valence-corrected chi connectivity index (χ2v) is 5.30. The van der Waals surface area contributed by atoms with Crippen LogP contribution in [0.4, 0.5) is 0 Å². The van der Waals surface area contributed by atoms with Crippen molar-refractivity contribution in [3.05, 3.63) is 23.7 Å². The minimum absolute atomic E-state index is 0.0550. The van der Waals surface area contributed by atoms with Gasteiger partial charge >= 0.3 is 0 Å². The van der Waals surface area contributed by atoms with Crippen LogP contribution in [-0.4, -0.2) is 29.3 Å². The summed E-state index contributed by atoms with van der Waals surface area (Å²) in [6.07, 6.45) is 7.44. The van der Waals surface area contributed by atoms with Crippen LogP contribution >= 0.6 is 11.6 Å². The van der Waals surface area contributed by atoms with Crippen molar-refractivity contribution < 1.29 is 9.21 Å². The highest BCUT2D eigenvalue weighted by atomic mass is 35.5. The van der Waals surface area contributed by atoms with Crippen molar-refractivity contribution in [3.63, 3.8) is 0 Å². The molecule has 1 fully saturated rings. The SMILES string of the molecule is Cc1cc(C(=O)N(CCCl)C2CCCCC2)co1. The molecule has 1 aromatic rings. The molecular formula is C14H20ClNO2. The summed E-state index contributed by atoms with van der Waals surface area (Å²) in [5.41, 5.74) is 0.642. The number of alkyl halides is 1. The van der Waals surface area contributed by atoms with Gasteiger partial charge in [0.25, 0.3) is 5.91 Å². The third-order valence-electron chi connectivity index (χ3n) is 3.58. The normalized spacial score (nSPS) is 16.8. The monoisotopic (exact) mass is 269 g/mol. The fourth-order valence-corrected chi connectivity index (χ4v) is 2.84. The molecule has 1 aliphatic carbocycles. The third kappa shape index (κ3) is 3.08. The molecule has 100 valence electrons. The molecule has 3 nitrogen and oxygen atoms in total. The summed E-state index contributed by atoms with van der Waals surface area (Å²) in [7, 11) is 0. The highest BCUT2D eigenvalue weighted by Gasteiger charge is 2.26. The Morgan fingerprint density at radius 1 is 1.44 bits per heavy atom. The molecule has 0 unspecified atom stereocenters. The Kier molecular flexibility index (Phi) is 4.70. The minimum Gasteiger partial charge on any atom is -0.469 e. The van der Waals surface area contributed by atoms with Gasteiger partial charge in [-0.05, 0) is 25.8 Å². The topological polar surface area (TPSA) is 33.5 Å². The largest absolute Gasteiger partial charge is 0.469 e. The van der Waals surface area contributed by atoms with E-state index in [0.717, 1.165) is 18.6 Å². The number of halogens is 1. The van der Waals surface area contributed by atoms with Crippen LogP contribution < -0.4 is 0 Å². The van der Waals surface area contributed by atoms with E-state index in [1.54, 1.807) is 12.3 Å². The molecule has 0 aromatic carbocycles. The number of hydrogen-bond donors (Lipinski definition) is 0. The second kappa shape index (κ2) is 6.28. The lowest BCUT2D eigenvalue weighted by Gasteiger charge is -2.33. The van der Waals surface area contributed by atoms with E-state index in [1.807, 2.05) is 11.8 Å². The van der Waals surface area contributed by atoms with Crippen molar-refractivity contribution in [3.8, 4) is 0 Å². The molecule has 1 aliphatic rings. The molecule has 1 aromatic heterocycles. The average molecular weight is 270 g/mol. The van der Waals surface area contributed by atoms with Gasteiger partial charge in [-0.25, -0.2) is 0 Å². The molecule has 0 spiro atoms. The predicted molar refractivity (Wildman–Crippen MR) is 72.1 cm³/mol. The van der Waals surface area contributed by atoms with E-state index in [9.17, 15) is 4.79 Å². The van der Waals surface area contributed by atoms with Gasteiger partial charge in [0, 0.05) is 18.5 Å². The van der Waals surface area contributed by atoms with Gasteiger partial charge in [-0.15, -0.1) is 11.6 Å². The van der Waals surface area contributed by atoms with Gasteiger partial charge in [-0.3, -0.25) is 4.79 Å². The summed E-state index contributed by atoms with van der Waals surface area (Å²) in [5, 5.41) is 0. The van der Waals surface area contributed by atoms with Crippen molar-refractivity contribution in [1.82, 2.24) is 4.90 Å². The Balaban J connectivity index is 2.10. The standard InChI is InChI=1S/C14H20ClNO2/c1-11-9-12(10-18-11)14(17)16(8-7-15)13-5-3-2-4-6-13/h9-10,13H,2-8H2,1H3. The smallest absolute Gasteiger partial charge is 0.257 e. The number of aryl methyl sites for hydroxylation is 1. The minimum atomic E-state index is 0.0550. The summed E-state index contributed by atoms with van der Waals surface area (Å²) >= 11 is 5.83. The lowest BCUT2D eigenvalue weighted by atomic mass is 9.94. The molecule has 0 aliphatic heterocycles. The molecule has 0 N–H and O–H groups in total. The van der Waals surface area contributed by atoms with E-state index in [-0.39, 0.29) is 5.91 Å². The number of carbonyl (C=O) groups excluding carboxylic acids is 1. The zero-order valence-electron chi connectivity index (χ0n) is 10.8. The molecule has 2 rings (SSSR count). The van der Waals surface area contributed by atoms with Gasteiger partial charge in [0.05, 0.1) is 5.56 Å². The first-order valence-corrected chi connectivity index (χ1v) is 7.18. The Morgan fingerprint density at radius 3 is 2.72 bits per heavy atom. The fourth-order valence-electron chi connectivity index (χ4n) is 2.66. The maximum atomic E-state index is 12.5. The van der Waals surface area contributed by atoms with Gasteiger partial charge in [-0.2, -0.15) is 0 Å². The van der Waals surface area contributed by atoms with Crippen molar-refractivity contribution >= 4 is 17.5 Å². The van der Waals surface area contributed by atoms with Crippen molar-refractivity contribution in [2.45, 2.75) is 45.1 Å². The molecule has 0 atom stereocenters. The van der Waals surface area contributed by atoms with Crippen LogP contribution in [0, 0.1) is 6.92 Å². The summed E-state index contributed by atoms with van der Waals surface area (Å²) in [6, 6.07) is 2.15. The first kappa shape index (κ1) is 13.5. The van der Waals surface area contributed by atoms with Crippen LogP contribution in [0.1, 0.15) is 48.2 Å². The van der Waals surface area contributed by atoms with Crippen molar-refractivity contribution in [2.75, 3.05) is 12.4 Å². The van der Waals surface area contributed by atoms with Gasteiger partial charge < -0.3 is 9.32 Å². The predicted octanol–water partition coefficient (Wildman–Crippen LogP) is 3.60. The molecule has 1 saturated carbocycles. The number of rotatable bonds is 4. The molecule has 1 amide bonds. The molecule has 4 heteroatoms. The average Bonchev–Trinajstić information content (AvgIpc) is 2.83. The lowest BCUT2D eigenvalue weighted by Crippen LogP contribution is -2.42. The van der Waals surface area contributed by atoms with Gasteiger partial charge in [0.1, 0.15) is 12.0 Å². The first-order chi connectivity index (χ1) is 8.72. The van der Waals surface area contributed by atoms with Crippen LogP contribution in [0.25, 0.3) is 0 Å². The van der Waals surface area contributed by atoms with E-state index in [4.69, 9.17) is 16.0 Å². The third-order valence-corrected chi connectivity index (χ3v) is 3.75. The molecule has 1 heterocycles. The van der Waals surface area contributed by atoms with Gasteiger partial charge in [0.2, 0.25) is 0 Å². The van der Waals surface area contributed by atoms with Crippen molar-refractivity contribution in [2.24, 2.45) is 0 Å². The number of carbonyl (C=O) groups is 1. The van der Waals surface area contributed by atoms with Crippen LogP contribution in [-0.2, 0) is 0 Å². The number of nitrogens with zero attached hydrogens (tertiary/aromatic N) is 1. The van der Waals surface area contributed by atoms with E-state index in [0.29, 0.717) is 24.0 Å². The van der Waals surface area contributed by atoms with Crippen LogP contribution in [0.2, 0.25) is 0 Å². The van der Waals surface area contributed by atoms with E-state index in [2.05, 4.69) is 0 Å². The fraction of sp³-hybridized carbons (Fsp3) is 0.643. The quantitative estimate of drug-likeness (QED) is 0.783. The summed E-state index contributed by atoms with van der Waals surface area (Å²) < 4.78 is 5.22. The van der Waals surface area contributed by atoms with Crippen LogP contribution in [0.3, 0.4) is 0 Å². The van der Waals surface area contributed by atoms with Crippen LogP contribution in [0.15, 0.2) is 16.7 Å². The Hall–Kier alpha value is -0.960. The molecule has 0 bridgehead atoms. The molecule has 0 radical (unpaired) electrons. The zero-order chi connectivity index (χ0) is 13.0. The Morgan fingerprint density at radius 2 is 2.17 bits per heavy atom. The van der Waals surface area contributed by atoms with Gasteiger partial charge in [0.15, 0.2) is 0 Å². The lowest BCUT2D eigenvalue weighted by molar-refractivity contribution is 0.0649. The highest BCUT2D eigenvalue weighted by molar-refractivity contribution is 6.18. The van der Waals surface area contributed by atoms with E-state index >= 15 is 0 Å². The first-order valence-electron chi connectivity index (χ1n) is 6.64. The summed E-state index contributed by atoms with van der Waals surface area (Å²) in [6.45, 7) is 2.47. The number of amides is 1. The summed E-state index contributed by atoms with van der Waals surface area (Å²) in [4.78, 5) is 14.4. The molecule has 18 heavy (non-hydrogen) atoms. The molecule has 0 saturated heterocycles. The number of furan rings is 1.